The highest BCUT2D eigenvalue weighted by atomic mass is 35.5. The third kappa shape index (κ3) is 2.01. The number of rotatable bonds is 3. The molecule has 2 aromatic heterocycles. The summed E-state index contributed by atoms with van der Waals surface area (Å²) in [6.07, 6.45) is 4.15. The summed E-state index contributed by atoms with van der Waals surface area (Å²) in [6.45, 7) is 2.00. The Balaban J connectivity index is 2.46. The van der Waals surface area contributed by atoms with Gasteiger partial charge in [0.1, 0.15) is 0 Å². The fraction of sp³-hybridized carbons (Fsp3) is 0.167. The van der Waals surface area contributed by atoms with Gasteiger partial charge in [-0.3, -0.25) is 9.78 Å². The van der Waals surface area contributed by atoms with Gasteiger partial charge in [-0.2, -0.15) is 0 Å². The molecule has 0 amide bonds. The predicted octanol–water partition coefficient (Wildman–Crippen LogP) is 3.59. The van der Waals surface area contributed by atoms with Crippen LogP contribution >= 0.6 is 22.9 Å². The molecule has 2 heterocycles. The van der Waals surface area contributed by atoms with E-state index < -0.39 is 0 Å². The summed E-state index contributed by atoms with van der Waals surface area (Å²) >= 11 is 7.32. The van der Waals surface area contributed by atoms with Crippen LogP contribution in [0, 0.1) is 0 Å². The molecule has 0 radical (unpaired) electrons. The SMILES string of the molecule is CCc1cnccc1C(=O)c1sccc1Cl. The van der Waals surface area contributed by atoms with E-state index in [1.807, 2.05) is 12.3 Å². The minimum absolute atomic E-state index is 0.0146. The van der Waals surface area contributed by atoms with E-state index in [4.69, 9.17) is 11.6 Å². The lowest BCUT2D eigenvalue weighted by atomic mass is 10.0. The monoisotopic (exact) mass is 251 g/mol. The van der Waals surface area contributed by atoms with Crippen LogP contribution < -0.4 is 0 Å². The number of hydrogen-bond donors (Lipinski definition) is 0. The van der Waals surface area contributed by atoms with E-state index in [1.54, 1.807) is 24.5 Å². The zero-order chi connectivity index (χ0) is 11.5. The van der Waals surface area contributed by atoms with Gasteiger partial charge < -0.3 is 0 Å². The van der Waals surface area contributed by atoms with Crippen molar-refractivity contribution < 1.29 is 4.79 Å². The molecule has 0 aliphatic rings. The van der Waals surface area contributed by atoms with E-state index in [2.05, 4.69) is 4.98 Å². The fourth-order valence-electron chi connectivity index (χ4n) is 1.51. The van der Waals surface area contributed by atoms with Gasteiger partial charge in [-0.1, -0.05) is 18.5 Å². The highest BCUT2D eigenvalue weighted by Gasteiger charge is 2.16. The minimum atomic E-state index is -0.0146. The van der Waals surface area contributed by atoms with Crippen LogP contribution in [0.4, 0.5) is 0 Å². The Morgan fingerprint density at radius 3 is 2.94 bits per heavy atom. The standard InChI is InChI=1S/C12H10ClNOS/c1-2-8-7-14-5-3-9(8)11(15)12-10(13)4-6-16-12/h3-7H,2H2,1H3. The minimum Gasteiger partial charge on any atom is -0.288 e. The second kappa shape index (κ2) is 4.76. The van der Waals surface area contributed by atoms with Gasteiger partial charge in [0.15, 0.2) is 0 Å². The van der Waals surface area contributed by atoms with Crippen LogP contribution in [0.3, 0.4) is 0 Å². The van der Waals surface area contributed by atoms with Gasteiger partial charge in [0.25, 0.3) is 0 Å². The van der Waals surface area contributed by atoms with E-state index in [9.17, 15) is 4.79 Å². The quantitative estimate of drug-likeness (QED) is 0.781. The summed E-state index contributed by atoms with van der Waals surface area (Å²) in [5.74, 6) is -0.0146. The van der Waals surface area contributed by atoms with Gasteiger partial charge in [0.05, 0.1) is 9.90 Å². The summed E-state index contributed by atoms with van der Waals surface area (Å²) in [5, 5.41) is 2.34. The normalized spacial score (nSPS) is 10.4. The van der Waals surface area contributed by atoms with Crippen LogP contribution in [-0.4, -0.2) is 10.8 Å². The van der Waals surface area contributed by atoms with E-state index in [0.717, 1.165) is 12.0 Å². The van der Waals surface area contributed by atoms with Crippen molar-refractivity contribution in [2.75, 3.05) is 0 Å². The number of thiophene rings is 1. The highest BCUT2D eigenvalue weighted by molar-refractivity contribution is 7.13. The van der Waals surface area contributed by atoms with Crippen molar-refractivity contribution in [3.05, 3.63) is 50.9 Å². The second-order valence-electron chi connectivity index (χ2n) is 3.31. The lowest BCUT2D eigenvalue weighted by molar-refractivity contribution is 0.104. The van der Waals surface area contributed by atoms with Gasteiger partial charge >= 0.3 is 0 Å². The van der Waals surface area contributed by atoms with Crippen LogP contribution in [0.1, 0.15) is 27.7 Å². The molecule has 2 nitrogen and oxygen atoms in total. The van der Waals surface area contributed by atoms with Crippen molar-refractivity contribution in [2.24, 2.45) is 0 Å². The maximum Gasteiger partial charge on any atom is 0.204 e. The largest absolute Gasteiger partial charge is 0.288 e. The molecule has 0 aliphatic carbocycles. The van der Waals surface area contributed by atoms with Gasteiger partial charge in [-0.05, 0) is 29.5 Å². The van der Waals surface area contributed by atoms with Crippen molar-refractivity contribution in [1.82, 2.24) is 4.98 Å². The zero-order valence-corrected chi connectivity index (χ0v) is 10.3. The number of nitrogens with zero attached hydrogens (tertiary/aromatic N) is 1. The number of halogens is 1. The number of aryl methyl sites for hydroxylation is 1. The molecule has 0 aliphatic heterocycles. The van der Waals surface area contributed by atoms with Crippen LogP contribution in [0.25, 0.3) is 0 Å². The molecule has 2 rings (SSSR count). The maximum atomic E-state index is 12.2. The summed E-state index contributed by atoms with van der Waals surface area (Å²) in [6, 6.07) is 3.49. The lowest BCUT2D eigenvalue weighted by Crippen LogP contribution is -2.04. The fourth-order valence-corrected chi connectivity index (χ4v) is 2.60. The van der Waals surface area contributed by atoms with Crippen LogP contribution in [0.15, 0.2) is 29.9 Å². The van der Waals surface area contributed by atoms with E-state index >= 15 is 0 Å². The average molecular weight is 252 g/mol. The van der Waals surface area contributed by atoms with Crippen LogP contribution in [0.5, 0.6) is 0 Å². The molecule has 0 atom stereocenters. The molecule has 0 fully saturated rings. The number of ketones is 1. The van der Waals surface area contributed by atoms with Gasteiger partial charge in [-0.25, -0.2) is 0 Å². The summed E-state index contributed by atoms with van der Waals surface area (Å²) in [4.78, 5) is 16.8. The third-order valence-electron chi connectivity index (χ3n) is 2.35. The maximum absolute atomic E-state index is 12.2. The number of hydrogen-bond acceptors (Lipinski definition) is 3. The van der Waals surface area contributed by atoms with Gasteiger partial charge in [0, 0.05) is 18.0 Å². The Hall–Kier alpha value is -1.19. The number of pyridine rings is 1. The van der Waals surface area contributed by atoms with E-state index in [0.29, 0.717) is 15.5 Å². The molecule has 0 N–H and O–H groups in total. The first-order valence-corrected chi connectivity index (χ1v) is 6.20. The molecule has 0 bridgehead atoms. The predicted molar refractivity (Wildman–Crippen MR) is 66.4 cm³/mol. The third-order valence-corrected chi connectivity index (χ3v) is 3.69. The molecular weight excluding hydrogens is 242 g/mol. The zero-order valence-electron chi connectivity index (χ0n) is 8.74. The van der Waals surface area contributed by atoms with E-state index in [-0.39, 0.29) is 5.78 Å². The van der Waals surface area contributed by atoms with Crippen LogP contribution in [-0.2, 0) is 6.42 Å². The molecule has 82 valence electrons. The molecule has 0 aromatic carbocycles. The van der Waals surface area contributed by atoms with Crippen LogP contribution in [0.2, 0.25) is 5.02 Å². The van der Waals surface area contributed by atoms with Gasteiger partial charge in [-0.15, -0.1) is 11.3 Å². The smallest absolute Gasteiger partial charge is 0.204 e. The Morgan fingerprint density at radius 1 is 1.50 bits per heavy atom. The van der Waals surface area contributed by atoms with Gasteiger partial charge in [0.2, 0.25) is 5.78 Å². The van der Waals surface area contributed by atoms with Crippen molar-refractivity contribution in [2.45, 2.75) is 13.3 Å². The first-order valence-electron chi connectivity index (χ1n) is 4.94. The summed E-state index contributed by atoms with van der Waals surface area (Å²) in [5.41, 5.74) is 1.65. The molecule has 2 aromatic rings. The Labute approximate surface area is 103 Å². The molecule has 0 saturated heterocycles. The number of carbonyl (C=O) groups is 1. The van der Waals surface area contributed by atoms with Crippen molar-refractivity contribution in [1.29, 1.82) is 0 Å². The molecule has 0 saturated carbocycles. The Morgan fingerprint density at radius 2 is 2.31 bits per heavy atom. The molecule has 0 spiro atoms. The molecule has 0 unspecified atom stereocenters. The van der Waals surface area contributed by atoms with Crippen molar-refractivity contribution in [3.63, 3.8) is 0 Å². The number of aromatic nitrogens is 1. The van der Waals surface area contributed by atoms with Crippen molar-refractivity contribution in [3.8, 4) is 0 Å². The first-order chi connectivity index (χ1) is 7.74. The average Bonchev–Trinajstić information content (AvgIpc) is 2.74. The number of carbonyl (C=O) groups excluding carboxylic acids is 1. The van der Waals surface area contributed by atoms with E-state index in [1.165, 1.54) is 11.3 Å². The summed E-state index contributed by atoms with van der Waals surface area (Å²) < 4.78 is 0. The molecule has 16 heavy (non-hydrogen) atoms. The summed E-state index contributed by atoms with van der Waals surface area (Å²) in [7, 11) is 0. The lowest BCUT2D eigenvalue weighted by Gasteiger charge is -2.04. The Bertz CT molecular complexity index is 521. The molecular formula is C12H10ClNOS. The second-order valence-corrected chi connectivity index (χ2v) is 4.64. The Kier molecular flexibility index (Phi) is 3.36. The topological polar surface area (TPSA) is 30.0 Å². The molecule has 4 heteroatoms. The van der Waals surface area contributed by atoms with Crippen molar-refractivity contribution >= 4 is 28.7 Å². The highest BCUT2D eigenvalue weighted by Crippen LogP contribution is 2.26. The first kappa shape index (κ1) is 11.3.